The van der Waals surface area contributed by atoms with Crippen LogP contribution in [-0.4, -0.2) is 18.1 Å². The summed E-state index contributed by atoms with van der Waals surface area (Å²) in [4.78, 5) is 6.51. The first-order valence-electron chi connectivity index (χ1n) is 7.14. The van der Waals surface area contributed by atoms with E-state index in [2.05, 4.69) is 4.98 Å². The smallest absolute Gasteiger partial charge is 0.128 e. The van der Waals surface area contributed by atoms with Crippen LogP contribution in [0, 0.1) is 12.7 Å². The summed E-state index contributed by atoms with van der Waals surface area (Å²) in [5, 5.41) is 0. The number of anilines is 1. The van der Waals surface area contributed by atoms with E-state index in [9.17, 15) is 4.39 Å². The normalized spacial score (nSPS) is 12.2. The third-order valence-electron chi connectivity index (χ3n) is 3.38. The molecule has 2 rings (SSSR count). The van der Waals surface area contributed by atoms with Crippen LogP contribution in [0.1, 0.15) is 23.9 Å². The number of pyridine rings is 1. The van der Waals surface area contributed by atoms with Gasteiger partial charge < -0.3 is 10.6 Å². The molecule has 0 aliphatic heterocycles. The minimum Gasteiger partial charge on any atom is -0.368 e. The fourth-order valence-electron chi connectivity index (χ4n) is 2.44. The van der Waals surface area contributed by atoms with Gasteiger partial charge in [0, 0.05) is 30.0 Å². The molecular weight excluding hydrogens is 265 g/mol. The summed E-state index contributed by atoms with van der Waals surface area (Å²) in [7, 11) is 1.95. The summed E-state index contributed by atoms with van der Waals surface area (Å²) < 4.78 is 14.1. The zero-order valence-corrected chi connectivity index (χ0v) is 12.8. The molecule has 0 saturated heterocycles. The molecule has 0 amide bonds. The SMILES string of the molecule is Cc1cccc(CN(C)c2cccc(F)c2CC(C)N)n1. The maximum atomic E-state index is 14.1. The van der Waals surface area contributed by atoms with Crippen LogP contribution < -0.4 is 10.6 Å². The van der Waals surface area contributed by atoms with Crippen LogP contribution in [0.15, 0.2) is 36.4 Å². The van der Waals surface area contributed by atoms with E-state index in [4.69, 9.17) is 5.73 Å². The van der Waals surface area contributed by atoms with Gasteiger partial charge in [0.1, 0.15) is 5.82 Å². The number of halogens is 1. The van der Waals surface area contributed by atoms with E-state index in [0.29, 0.717) is 18.5 Å². The van der Waals surface area contributed by atoms with Crippen molar-refractivity contribution in [3.8, 4) is 0 Å². The number of nitrogens with zero attached hydrogens (tertiary/aromatic N) is 2. The Morgan fingerprint density at radius 1 is 1.24 bits per heavy atom. The number of rotatable bonds is 5. The highest BCUT2D eigenvalue weighted by Crippen LogP contribution is 2.24. The second kappa shape index (κ2) is 6.68. The topological polar surface area (TPSA) is 42.1 Å². The largest absolute Gasteiger partial charge is 0.368 e. The standard InChI is InChI=1S/C17H22FN3/c1-12(19)10-15-16(18)8-5-9-17(15)21(3)11-14-7-4-6-13(2)20-14/h4-9,12H,10-11,19H2,1-3H3. The molecule has 1 heterocycles. The van der Waals surface area contributed by atoms with E-state index < -0.39 is 0 Å². The highest BCUT2D eigenvalue weighted by Gasteiger charge is 2.14. The van der Waals surface area contributed by atoms with Crippen molar-refractivity contribution in [2.24, 2.45) is 5.73 Å². The van der Waals surface area contributed by atoms with Gasteiger partial charge in [0.25, 0.3) is 0 Å². The Balaban J connectivity index is 2.26. The van der Waals surface area contributed by atoms with E-state index >= 15 is 0 Å². The highest BCUT2D eigenvalue weighted by molar-refractivity contribution is 5.54. The van der Waals surface area contributed by atoms with Gasteiger partial charge in [-0.3, -0.25) is 4.98 Å². The highest BCUT2D eigenvalue weighted by atomic mass is 19.1. The lowest BCUT2D eigenvalue weighted by Gasteiger charge is -2.23. The zero-order valence-electron chi connectivity index (χ0n) is 12.8. The molecule has 1 unspecified atom stereocenters. The third kappa shape index (κ3) is 4.02. The number of hydrogen-bond donors (Lipinski definition) is 1. The van der Waals surface area contributed by atoms with Crippen LogP contribution in [0.2, 0.25) is 0 Å². The molecule has 2 aromatic rings. The summed E-state index contributed by atoms with van der Waals surface area (Å²) in [6, 6.07) is 11.0. The second-order valence-electron chi connectivity index (χ2n) is 5.55. The first kappa shape index (κ1) is 15.4. The monoisotopic (exact) mass is 287 g/mol. The summed E-state index contributed by atoms with van der Waals surface area (Å²) in [6.07, 6.45) is 0.521. The molecule has 0 aliphatic carbocycles. The fraction of sp³-hybridized carbons (Fsp3) is 0.353. The molecule has 2 N–H and O–H groups in total. The van der Waals surface area contributed by atoms with Crippen LogP contribution in [0.3, 0.4) is 0 Å². The molecule has 0 aliphatic rings. The molecule has 4 heteroatoms. The Hall–Kier alpha value is -1.94. The van der Waals surface area contributed by atoms with Gasteiger partial charge in [0.15, 0.2) is 0 Å². The lowest BCUT2D eigenvalue weighted by molar-refractivity contribution is 0.595. The molecule has 21 heavy (non-hydrogen) atoms. The minimum atomic E-state index is -0.200. The first-order chi connectivity index (χ1) is 9.97. The van der Waals surface area contributed by atoms with Gasteiger partial charge in [-0.15, -0.1) is 0 Å². The van der Waals surface area contributed by atoms with Crippen LogP contribution >= 0.6 is 0 Å². The number of nitrogens with two attached hydrogens (primary N) is 1. The number of benzene rings is 1. The summed E-state index contributed by atoms with van der Waals surface area (Å²) >= 11 is 0. The first-order valence-corrected chi connectivity index (χ1v) is 7.14. The van der Waals surface area contributed by atoms with Gasteiger partial charge in [-0.05, 0) is 44.5 Å². The minimum absolute atomic E-state index is 0.0776. The fourth-order valence-corrected chi connectivity index (χ4v) is 2.44. The molecule has 1 atom stereocenters. The number of aryl methyl sites for hydroxylation is 1. The maximum Gasteiger partial charge on any atom is 0.128 e. The van der Waals surface area contributed by atoms with Crippen molar-refractivity contribution in [3.63, 3.8) is 0 Å². The van der Waals surface area contributed by atoms with E-state index in [1.54, 1.807) is 6.07 Å². The Morgan fingerprint density at radius 2 is 1.95 bits per heavy atom. The summed E-state index contributed by atoms with van der Waals surface area (Å²) in [5.41, 5.74) is 9.33. The second-order valence-corrected chi connectivity index (χ2v) is 5.55. The van der Waals surface area contributed by atoms with Crippen molar-refractivity contribution in [3.05, 3.63) is 59.2 Å². The number of aromatic nitrogens is 1. The van der Waals surface area contributed by atoms with Crippen molar-refractivity contribution in [1.82, 2.24) is 4.98 Å². The van der Waals surface area contributed by atoms with Gasteiger partial charge in [-0.1, -0.05) is 12.1 Å². The van der Waals surface area contributed by atoms with Gasteiger partial charge in [-0.25, -0.2) is 4.39 Å². The van der Waals surface area contributed by atoms with Crippen molar-refractivity contribution in [2.45, 2.75) is 32.9 Å². The zero-order chi connectivity index (χ0) is 15.4. The molecule has 0 bridgehead atoms. The predicted octanol–water partition coefficient (Wildman–Crippen LogP) is 3.06. The molecule has 0 radical (unpaired) electrons. The molecule has 0 saturated carbocycles. The van der Waals surface area contributed by atoms with Gasteiger partial charge >= 0.3 is 0 Å². The van der Waals surface area contributed by atoms with Gasteiger partial charge in [-0.2, -0.15) is 0 Å². The van der Waals surface area contributed by atoms with Crippen molar-refractivity contribution in [1.29, 1.82) is 0 Å². The molecule has 3 nitrogen and oxygen atoms in total. The van der Waals surface area contributed by atoms with Crippen LogP contribution in [0.25, 0.3) is 0 Å². The Kier molecular flexibility index (Phi) is 4.91. The predicted molar refractivity (Wildman–Crippen MR) is 84.8 cm³/mol. The van der Waals surface area contributed by atoms with Crippen LogP contribution in [0.5, 0.6) is 0 Å². The quantitative estimate of drug-likeness (QED) is 0.919. The molecule has 0 fully saturated rings. The Morgan fingerprint density at radius 3 is 2.62 bits per heavy atom. The molecule has 1 aromatic carbocycles. The molecule has 0 spiro atoms. The molecule has 112 valence electrons. The van der Waals surface area contributed by atoms with Crippen LogP contribution in [-0.2, 0) is 13.0 Å². The van der Waals surface area contributed by atoms with E-state index in [1.165, 1.54) is 6.07 Å². The molecule has 1 aromatic heterocycles. The van der Waals surface area contributed by atoms with Crippen molar-refractivity contribution in [2.75, 3.05) is 11.9 Å². The average Bonchev–Trinajstić information content (AvgIpc) is 2.40. The Labute approximate surface area is 125 Å². The van der Waals surface area contributed by atoms with E-state index in [1.807, 2.05) is 50.1 Å². The number of hydrogen-bond acceptors (Lipinski definition) is 3. The summed E-state index contributed by atoms with van der Waals surface area (Å²) in [6.45, 7) is 4.49. The maximum absolute atomic E-state index is 14.1. The molecular formula is C17H22FN3. The van der Waals surface area contributed by atoms with E-state index in [-0.39, 0.29) is 11.9 Å². The lowest BCUT2D eigenvalue weighted by atomic mass is 10.0. The summed E-state index contributed by atoms with van der Waals surface area (Å²) in [5.74, 6) is -0.200. The van der Waals surface area contributed by atoms with Gasteiger partial charge in [0.05, 0.1) is 12.2 Å². The lowest BCUT2D eigenvalue weighted by Crippen LogP contribution is -2.23. The third-order valence-corrected chi connectivity index (χ3v) is 3.38. The van der Waals surface area contributed by atoms with Crippen molar-refractivity contribution >= 4 is 5.69 Å². The van der Waals surface area contributed by atoms with Crippen molar-refractivity contribution < 1.29 is 4.39 Å². The average molecular weight is 287 g/mol. The Bertz CT molecular complexity index is 611. The van der Waals surface area contributed by atoms with E-state index in [0.717, 1.165) is 17.1 Å². The van der Waals surface area contributed by atoms with Gasteiger partial charge in [0.2, 0.25) is 0 Å². The van der Waals surface area contributed by atoms with Crippen LogP contribution in [0.4, 0.5) is 10.1 Å².